The molecule has 32 heavy (non-hydrogen) atoms. The number of benzene rings is 1. The molecule has 1 fully saturated rings. The molecule has 1 aromatic carbocycles. The predicted octanol–water partition coefficient (Wildman–Crippen LogP) is 4.50. The number of aromatic nitrogens is 1. The van der Waals surface area contributed by atoms with Crippen molar-refractivity contribution in [3.8, 4) is 11.5 Å². The fourth-order valence-corrected chi connectivity index (χ4v) is 4.44. The summed E-state index contributed by atoms with van der Waals surface area (Å²) in [5.41, 5.74) is 1.72. The van der Waals surface area contributed by atoms with Crippen molar-refractivity contribution in [1.82, 2.24) is 15.2 Å². The Kier molecular flexibility index (Phi) is 6.99. The van der Waals surface area contributed by atoms with E-state index in [0.29, 0.717) is 19.3 Å². The van der Waals surface area contributed by atoms with Crippen LogP contribution < -0.4 is 14.8 Å². The molecule has 0 radical (unpaired) electrons. The third kappa shape index (κ3) is 5.60. The number of rotatable bonds is 6. The van der Waals surface area contributed by atoms with Crippen molar-refractivity contribution in [2.45, 2.75) is 65.1 Å². The van der Waals surface area contributed by atoms with Crippen molar-refractivity contribution in [1.29, 1.82) is 0 Å². The van der Waals surface area contributed by atoms with E-state index >= 15 is 0 Å². The Bertz CT molecular complexity index is 910. The third-order valence-corrected chi connectivity index (χ3v) is 6.28. The Morgan fingerprint density at radius 3 is 2.72 bits per heavy atom. The maximum atomic E-state index is 12.8. The molecule has 0 spiro atoms. The zero-order valence-electron chi connectivity index (χ0n) is 19.5. The Balaban J connectivity index is 1.50. The molecule has 1 saturated heterocycles. The van der Waals surface area contributed by atoms with Crippen molar-refractivity contribution in [3.63, 3.8) is 0 Å². The molecule has 3 heterocycles. The highest BCUT2D eigenvalue weighted by molar-refractivity contribution is 5.81. The predicted molar refractivity (Wildman–Crippen MR) is 125 cm³/mol. The second-order valence-corrected chi connectivity index (χ2v) is 9.86. The number of nitrogens with zero attached hydrogens (tertiary/aromatic N) is 2. The molecule has 2 aliphatic heterocycles. The first-order valence-corrected chi connectivity index (χ1v) is 11.7. The summed E-state index contributed by atoms with van der Waals surface area (Å²) in [5.74, 6) is 1.73. The van der Waals surface area contributed by atoms with Gasteiger partial charge in [-0.25, -0.2) is 0 Å². The molecule has 2 aromatic rings. The van der Waals surface area contributed by atoms with Gasteiger partial charge in [0, 0.05) is 24.2 Å². The molecular formula is C26H35N3O3. The van der Waals surface area contributed by atoms with Gasteiger partial charge in [-0.1, -0.05) is 39.3 Å². The van der Waals surface area contributed by atoms with Crippen LogP contribution in [-0.2, 0) is 11.3 Å². The van der Waals surface area contributed by atoms with Gasteiger partial charge in [-0.2, -0.15) is 0 Å². The van der Waals surface area contributed by atoms with Crippen molar-refractivity contribution >= 4 is 5.91 Å². The molecule has 2 atom stereocenters. The third-order valence-electron chi connectivity index (χ3n) is 6.28. The Hall–Kier alpha value is -2.60. The second kappa shape index (κ2) is 9.90. The van der Waals surface area contributed by atoms with Gasteiger partial charge in [-0.3, -0.25) is 14.7 Å². The average Bonchev–Trinajstić information content (AvgIpc) is 2.79. The SMILES string of the molecule is CC(C)(C)C(=O)NC(CC1CCCCN1Cc1ccc2c(c1)OCCO2)c1ccccn1. The summed E-state index contributed by atoms with van der Waals surface area (Å²) < 4.78 is 11.4. The van der Waals surface area contributed by atoms with E-state index in [2.05, 4.69) is 27.3 Å². The number of hydrogen-bond acceptors (Lipinski definition) is 5. The minimum atomic E-state index is -0.440. The molecule has 2 aliphatic rings. The van der Waals surface area contributed by atoms with Crippen LogP contribution in [0, 0.1) is 5.41 Å². The molecule has 0 bridgehead atoms. The first-order valence-electron chi connectivity index (χ1n) is 11.7. The van der Waals surface area contributed by atoms with Gasteiger partial charge in [0.15, 0.2) is 11.5 Å². The van der Waals surface area contributed by atoms with Crippen LogP contribution in [0.1, 0.15) is 63.8 Å². The number of nitrogens with one attached hydrogen (secondary N) is 1. The standard InChI is InChI=1S/C26H35N3O3/c1-26(2,3)25(30)28-22(21-9-4-6-12-27-21)17-20-8-5-7-13-29(20)18-19-10-11-23-24(16-19)32-15-14-31-23/h4,6,9-12,16,20,22H,5,7-8,13-15,17-18H2,1-3H3,(H,28,30). The number of hydrogen-bond donors (Lipinski definition) is 1. The first-order chi connectivity index (χ1) is 15.4. The van der Waals surface area contributed by atoms with E-state index in [0.717, 1.165) is 43.1 Å². The summed E-state index contributed by atoms with van der Waals surface area (Å²) in [6.45, 7) is 8.98. The number of amides is 1. The summed E-state index contributed by atoms with van der Waals surface area (Å²) in [6.07, 6.45) is 6.19. The van der Waals surface area contributed by atoms with Gasteiger partial charge in [0.25, 0.3) is 0 Å². The fraction of sp³-hybridized carbons (Fsp3) is 0.538. The van der Waals surface area contributed by atoms with E-state index in [1.807, 2.05) is 45.0 Å². The maximum Gasteiger partial charge on any atom is 0.225 e. The molecule has 2 unspecified atom stereocenters. The van der Waals surface area contributed by atoms with E-state index in [4.69, 9.17) is 9.47 Å². The van der Waals surface area contributed by atoms with Crippen molar-refractivity contribution in [2.24, 2.45) is 5.41 Å². The van der Waals surface area contributed by atoms with Crippen LogP contribution in [0.15, 0.2) is 42.6 Å². The molecule has 0 saturated carbocycles. The normalized spacial score (nSPS) is 19.9. The summed E-state index contributed by atoms with van der Waals surface area (Å²) in [7, 11) is 0. The van der Waals surface area contributed by atoms with Gasteiger partial charge in [0.1, 0.15) is 13.2 Å². The molecule has 172 valence electrons. The molecule has 6 heteroatoms. The lowest BCUT2D eigenvalue weighted by atomic mass is 9.91. The smallest absolute Gasteiger partial charge is 0.225 e. The van der Waals surface area contributed by atoms with Crippen LogP contribution in [0.4, 0.5) is 0 Å². The van der Waals surface area contributed by atoms with Gasteiger partial charge in [0.2, 0.25) is 5.91 Å². The van der Waals surface area contributed by atoms with E-state index < -0.39 is 5.41 Å². The minimum absolute atomic E-state index is 0.0577. The highest BCUT2D eigenvalue weighted by atomic mass is 16.6. The van der Waals surface area contributed by atoms with Crippen molar-refractivity contribution < 1.29 is 14.3 Å². The number of fused-ring (bicyclic) bond motifs is 1. The highest BCUT2D eigenvalue weighted by Crippen LogP contribution is 2.33. The molecule has 1 aromatic heterocycles. The van der Waals surface area contributed by atoms with Crippen LogP contribution in [0.25, 0.3) is 0 Å². The quantitative estimate of drug-likeness (QED) is 0.721. The van der Waals surface area contributed by atoms with E-state index in [9.17, 15) is 4.79 Å². The number of pyridine rings is 1. The van der Waals surface area contributed by atoms with Gasteiger partial charge in [-0.05, 0) is 55.6 Å². The lowest BCUT2D eigenvalue weighted by Gasteiger charge is -2.38. The van der Waals surface area contributed by atoms with Crippen LogP contribution in [0.3, 0.4) is 0 Å². The van der Waals surface area contributed by atoms with Gasteiger partial charge < -0.3 is 14.8 Å². The summed E-state index contributed by atoms with van der Waals surface area (Å²) >= 11 is 0. The number of carbonyl (C=O) groups excluding carboxylic acids is 1. The summed E-state index contributed by atoms with van der Waals surface area (Å²) in [6, 6.07) is 12.5. The zero-order chi connectivity index (χ0) is 22.6. The number of ether oxygens (including phenoxy) is 2. The lowest BCUT2D eigenvalue weighted by molar-refractivity contribution is -0.129. The van der Waals surface area contributed by atoms with E-state index in [-0.39, 0.29) is 11.9 Å². The highest BCUT2D eigenvalue weighted by Gasteiger charge is 2.30. The number of likely N-dealkylation sites (tertiary alicyclic amines) is 1. The molecule has 1 N–H and O–H groups in total. The van der Waals surface area contributed by atoms with Gasteiger partial charge in [0.05, 0.1) is 11.7 Å². The molecule has 4 rings (SSSR count). The van der Waals surface area contributed by atoms with Crippen LogP contribution in [0.5, 0.6) is 11.5 Å². The average molecular weight is 438 g/mol. The molecule has 6 nitrogen and oxygen atoms in total. The van der Waals surface area contributed by atoms with E-state index in [1.54, 1.807) is 6.20 Å². The van der Waals surface area contributed by atoms with Crippen LogP contribution >= 0.6 is 0 Å². The van der Waals surface area contributed by atoms with Crippen LogP contribution in [0.2, 0.25) is 0 Å². The topological polar surface area (TPSA) is 63.7 Å². The van der Waals surface area contributed by atoms with Crippen LogP contribution in [-0.4, -0.2) is 41.6 Å². The van der Waals surface area contributed by atoms with Crippen molar-refractivity contribution in [3.05, 3.63) is 53.9 Å². The second-order valence-electron chi connectivity index (χ2n) is 9.86. The van der Waals surface area contributed by atoms with Gasteiger partial charge in [-0.15, -0.1) is 0 Å². The first kappa shape index (κ1) is 22.6. The lowest BCUT2D eigenvalue weighted by Crippen LogP contribution is -2.44. The number of carbonyl (C=O) groups is 1. The molecule has 1 amide bonds. The van der Waals surface area contributed by atoms with E-state index in [1.165, 1.54) is 18.4 Å². The van der Waals surface area contributed by atoms with Gasteiger partial charge >= 0.3 is 0 Å². The number of piperidine rings is 1. The van der Waals surface area contributed by atoms with Crippen molar-refractivity contribution in [2.75, 3.05) is 19.8 Å². The molecule has 0 aliphatic carbocycles. The summed E-state index contributed by atoms with van der Waals surface area (Å²) in [4.78, 5) is 19.9. The summed E-state index contributed by atoms with van der Waals surface area (Å²) in [5, 5.41) is 3.28. The Labute approximate surface area is 191 Å². The largest absolute Gasteiger partial charge is 0.486 e. The minimum Gasteiger partial charge on any atom is -0.486 e. The Morgan fingerprint density at radius 1 is 1.16 bits per heavy atom. The fourth-order valence-electron chi connectivity index (χ4n) is 4.44. The zero-order valence-corrected chi connectivity index (χ0v) is 19.5. The maximum absolute atomic E-state index is 12.8. The Morgan fingerprint density at radius 2 is 1.97 bits per heavy atom. The monoisotopic (exact) mass is 437 g/mol. The molecular weight excluding hydrogens is 402 g/mol.